The molecule has 0 bridgehead atoms. The second kappa shape index (κ2) is 6.99. The van der Waals surface area contributed by atoms with Crippen LogP contribution in [0.5, 0.6) is 0 Å². The SMILES string of the molecule is Cc1ccccc1N1C(=O)C2ON(c3ccc(Cl)cc3)C(c3cccs3)C2C1=O. The third-order valence-electron chi connectivity index (χ3n) is 5.39. The minimum atomic E-state index is -0.857. The zero-order valence-electron chi connectivity index (χ0n) is 15.5. The van der Waals surface area contributed by atoms with Crippen molar-refractivity contribution in [3.63, 3.8) is 0 Å². The molecule has 7 heteroatoms. The standard InChI is InChI=1S/C22H17ClN2O3S/c1-13-5-2-3-6-16(13)24-21(26)18-19(17-7-4-12-29-17)25(28-20(18)22(24)27)15-10-8-14(23)9-11-15/h2-12,18-20H,1H3. The molecule has 2 aliphatic rings. The Morgan fingerprint density at radius 2 is 1.72 bits per heavy atom. The number of amides is 2. The smallest absolute Gasteiger partial charge is 0.266 e. The number of thiophene rings is 1. The van der Waals surface area contributed by atoms with Crippen LogP contribution in [0, 0.1) is 12.8 Å². The Bertz CT molecular complexity index is 1080. The molecule has 5 nitrogen and oxygen atoms in total. The number of aryl methyl sites for hydroxylation is 1. The van der Waals surface area contributed by atoms with Gasteiger partial charge < -0.3 is 0 Å². The summed E-state index contributed by atoms with van der Waals surface area (Å²) in [6, 6.07) is 18.1. The van der Waals surface area contributed by atoms with Gasteiger partial charge in [-0.1, -0.05) is 35.9 Å². The van der Waals surface area contributed by atoms with Gasteiger partial charge in [0.25, 0.3) is 5.91 Å². The fourth-order valence-electron chi connectivity index (χ4n) is 4.03. The molecule has 0 radical (unpaired) electrons. The van der Waals surface area contributed by atoms with Gasteiger partial charge in [-0.2, -0.15) is 0 Å². The van der Waals surface area contributed by atoms with Gasteiger partial charge in [-0.25, -0.2) is 9.96 Å². The number of fused-ring (bicyclic) bond motifs is 1. The summed E-state index contributed by atoms with van der Waals surface area (Å²) in [4.78, 5) is 35.1. The number of anilines is 2. The Labute approximate surface area is 177 Å². The van der Waals surface area contributed by atoms with Crippen molar-refractivity contribution in [3.05, 3.63) is 81.5 Å². The lowest BCUT2D eigenvalue weighted by atomic mass is 9.95. The topological polar surface area (TPSA) is 49.9 Å². The number of hydrogen-bond acceptors (Lipinski definition) is 5. The lowest BCUT2D eigenvalue weighted by Gasteiger charge is -2.28. The summed E-state index contributed by atoms with van der Waals surface area (Å²) in [6.45, 7) is 1.89. The number of nitrogens with zero attached hydrogens (tertiary/aromatic N) is 2. The fraction of sp³-hybridized carbons (Fsp3) is 0.182. The monoisotopic (exact) mass is 424 g/mol. The minimum Gasteiger partial charge on any atom is -0.273 e. The molecule has 2 fully saturated rings. The first kappa shape index (κ1) is 18.4. The number of para-hydroxylation sites is 1. The third kappa shape index (κ3) is 2.87. The van der Waals surface area contributed by atoms with Crippen LogP contribution in [0.4, 0.5) is 11.4 Å². The zero-order valence-corrected chi connectivity index (χ0v) is 17.1. The van der Waals surface area contributed by atoms with Crippen LogP contribution in [-0.2, 0) is 14.4 Å². The van der Waals surface area contributed by atoms with Crippen molar-refractivity contribution < 1.29 is 14.4 Å². The molecule has 3 unspecified atom stereocenters. The Balaban J connectivity index is 1.58. The molecular weight excluding hydrogens is 408 g/mol. The van der Waals surface area contributed by atoms with Gasteiger partial charge in [-0.05, 0) is 54.3 Å². The largest absolute Gasteiger partial charge is 0.273 e. The maximum atomic E-state index is 13.5. The highest BCUT2D eigenvalue weighted by Gasteiger charge is 2.60. The van der Waals surface area contributed by atoms with Gasteiger partial charge in [0, 0.05) is 9.90 Å². The lowest BCUT2D eigenvalue weighted by molar-refractivity contribution is -0.126. The van der Waals surface area contributed by atoms with E-state index in [1.165, 1.54) is 4.90 Å². The van der Waals surface area contributed by atoms with E-state index in [0.29, 0.717) is 10.7 Å². The van der Waals surface area contributed by atoms with Crippen molar-refractivity contribution >= 4 is 46.1 Å². The number of benzene rings is 2. The molecule has 0 spiro atoms. The normalized spacial score (nSPS) is 23.7. The molecule has 0 N–H and O–H groups in total. The molecule has 29 heavy (non-hydrogen) atoms. The third-order valence-corrected chi connectivity index (χ3v) is 6.58. The van der Waals surface area contributed by atoms with Crippen molar-refractivity contribution in [1.82, 2.24) is 0 Å². The maximum Gasteiger partial charge on any atom is 0.266 e. The van der Waals surface area contributed by atoms with E-state index in [4.69, 9.17) is 16.4 Å². The van der Waals surface area contributed by atoms with Crippen LogP contribution >= 0.6 is 22.9 Å². The summed E-state index contributed by atoms with van der Waals surface area (Å²) in [6.07, 6.45) is -0.857. The molecule has 2 saturated heterocycles. The van der Waals surface area contributed by atoms with Crippen molar-refractivity contribution in [1.29, 1.82) is 0 Å². The van der Waals surface area contributed by atoms with E-state index in [2.05, 4.69) is 0 Å². The first-order valence-electron chi connectivity index (χ1n) is 9.24. The second-order valence-corrected chi connectivity index (χ2v) is 8.53. The Kier molecular flexibility index (Phi) is 4.42. The number of carbonyl (C=O) groups excluding carboxylic acids is 2. The highest BCUT2D eigenvalue weighted by Crippen LogP contribution is 2.48. The molecule has 2 aromatic carbocycles. The van der Waals surface area contributed by atoms with Gasteiger partial charge >= 0.3 is 0 Å². The summed E-state index contributed by atoms with van der Waals surface area (Å²) < 4.78 is 0. The molecule has 3 heterocycles. The fourth-order valence-corrected chi connectivity index (χ4v) is 5.01. The lowest BCUT2D eigenvalue weighted by Crippen LogP contribution is -2.37. The number of imide groups is 1. The summed E-state index contributed by atoms with van der Waals surface area (Å²) in [5.74, 6) is -1.17. The van der Waals surface area contributed by atoms with Crippen molar-refractivity contribution in [2.45, 2.75) is 19.1 Å². The average Bonchev–Trinajstić information content (AvgIpc) is 3.41. The van der Waals surface area contributed by atoms with Crippen LogP contribution in [0.15, 0.2) is 66.0 Å². The average molecular weight is 425 g/mol. The molecule has 0 saturated carbocycles. The molecule has 3 aromatic rings. The zero-order chi connectivity index (χ0) is 20.1. The first-order chi connectivity index (χ1) is 14.1. The number of rotatable bonds is 3. The molecule has 2 amide bonds. The van der Waals surface area contributed by atoms with Gasteiger partial charge in [0.05, 0.1) is 11.4 Å². The molecular formula is C22H17ClN2O3S. The van der Waals surface area contributed by atoms with Crippen LogP contribution in [0.3, 0.4) is 0 Å². The van der Waals surface area contributed by atoms with Gasteiger partial charge in [-0.15, -0.1) is 11.3 Å². The quantitative estimate of drug-likeness (QED) is 0.569. The Morgan fingerprint density at radius 3 is 2.41 bits per heavy atom. The van der Waals surface area contributed by atoms with Crippen LogP contribution in [0.25, 0.3) is 0 Å². The van der Waals surface area contributed by atoms with Crippen LogP contribution in [0.2, 0.25) is 5.02 Å². The second-order valence-electron chi connectivity index (χ2n) is 7.11. The van der Waals surface area contributed by atoms with Crippen molar-refractivity contribution in [3.8, 4) is 0 Å². The summed E-state index contributed by atoms with van der Waals surface area (Å²) in [5, 5.41) is 4.25. The van der Waals surface area contributed by atoms with E-state index < -0.39 is 12.0 Å². The van der Waals surface area contributed by atoms with Crippen LogP contribution < -0.4 is 9.96 Å². The van der Waals surface area contributed by atoms with Crippen LogP contribution in [0.1, 0.15) is 16.5 Å². The molecule has 3 atom stereocenters. The van der Waals surface area contributed by atoms with Gasteiger partial charge in [0.2, 0.25) is 5.91 Å². The van der Waals surface area contributed by atoms with E-state index in [1.807, 2.05) is 54.8 Å². The van der Waals surface area contributed by atoms with Gasteiger partial charge in [0.1, 0.15) is 12.0 Å². The predicted octanol–water partition coefficient (Wildman–Crippen LogP) is 4.76. The van der Waals surface area contributed by atoms with E-state index >= 15 is 0 Å². The molecule has 5 rings (SSSR count). The summed E-state index contributed by atoms with van der Waals surface area (Å²) in [5.41, 5.74) is 2.24. The first-order valence-corrected chi connectivity index (χ1v) is 10.5. The highest BCUT2D eigenvalue weighted by molar-refractivity contribution is 7.10. The van der Waals surface area contributed by atoms with Gasteiger partial charge in [0.15, 0.2) is 6.10 Å². The number of carbonyl (C=O) groups is 2. The van der Waals surface area contributed by atoms with E-state index in [1.54, 1.807) is 34.6 Å². The van der Waals surface area contributed by atoms with Gasteiger partial charge in [-0.3, -0.25) is 14.4 Å². The maximum absolute atomic E-state index is 13.5. The Hall–Kier alpha value is -2.67. The van der Waals surface area contributed by atoms with E-state index in [0.717, 1.165) is 16.1 Å². The predicted molar refractivity (Wildman–Crippen MR) is 113 cm³/mol. The number of halogens is 1. The minimum absolute atomic E-state index is 0.232. The van der Waals surface area contributed by atoms with E-state index in [-0.39, 0.29) is 17.9 Å². The number of hydroxylamine groups is 1. The summed E-state index contributed by atoms with van der Waals surface area (Å²) in [7, 11) is 0. The van der Waals surface area contributed by atoms with Crippen molar-refractivity contribution in [2.24, 2.45) is 5.92 Å². The number of hydrogen-bond donors (Lipinski definition) is 0. The van der Waals surface area contributed by atoms with Crippen LogP contribution in [-0.4, -0.2) is 17.9 Å². The van der Waals surface area contributed by atoms with Crippen molar-refractivity contribution in [2.75, 3.05) is 9.96 Å². The molecule has 146 valence electrons. The molecule has 0 aliphatic carbocycles. The molecule has 1 aromatic heterocycles. The summed E-state index contributed by atoms with van der Waals surface area (Å²) >= 11 is 7.57. The molecule has 2 aliphatic heterocycles. The Morgan fingerprint density at radius 1 is 0.966 bits per heavy atom. The van der Waals surface area contributed by atoms with E-state index in [9.17, 15) is 9.59 Å². The highest BCUT2D eigenvalue weighted by atomic mass is 35.5.